The van der Waals surface area contributed by atoms with E-state index >= 15 is 0 Å². The second kappa shape index (κ2) is 5.61. The molecule has 1 atom stereocenters. The minimum absolute atomic E-state index is 0.353. The van der Waals surface area contributed by atoms with Crippen molar-refractivity contribution in [3.05, 3.63) is 34.3 Å². The molecular formula is C14H18ClNO3. The van der Waals surface area contributed by atoms with Gasteiger partial charge in [-0.15, -0.1) is 0 Å². The van der Waals surface area contributed by atoms with Crippen molar-refractivity contribution < 1.29 is 14.7 Å². The van der Waals surface area contributed by atoms with Crippen LogP contribution in [0, 0.1) is 12.3 Å². The number of hydrogen-bond acceptors (Lipinski definition) is 2. The fourth-order valence-electron chi connectivity index (χ4n) is 1.60. The van der Waals surface area contributed by atoms with Crippen molar-refractivity contribution in [2.45, 2.75) is 33.7 Å². The number of halogens is 1. The van der Waals surface area contributed by atoms with E-state index in [1.807, 2.05) is 6.92 Å². The normalized spacial score (nSPS) is 12.9. The van der Waals surface area contributed by atoms with Crippen LogP contribution in [0.4, 0.5) is 0 Å². The van der Waals surface area contributed by atoms with Crippen molar-refractivity contribution in [1.82, 2.24) is 5.32 Å². The molecule has 0 radical (unpaired) electrons. The molecule has 1 unspecified atom stereocenters. The highest BCUT2D eigenvalue weighted by Crippen LogP contribution is 2.21. The zero-order valence-electron chi connectivity index (χ0n) is 11.5. The number of rotatable bonds is 3. The Morgan fingerprint density at radius 2 is 1.89 bits per heavy atom. The van der Waals surface area contributed by atoms with E-state index < -0.39 is 23.3 Å². The summed E-state index contributed by atoms with van der Waals surface area (Å²) in [5, 5.41) is 12.2. The first kappa shape index (κ1) is 15.5. The van der Waals surface area contributed by atoms with Crippen molar-refractivity contribution >= 4 is 23.5 Å². The minimum Gasteiger partial charge on any atom is -0.480 e. The van der Waals surface area contributed by atoms with Gasteiger partial charge in [0.1, 0.15) is 6.04 Å². The third-order valence-corrected chi connectivity index (χ3v) is 3.23. The maximum absolute atomic E-state index is 12.0. The van der Waals surface area contributed by atoms with Crippen LogP contribution in [0.2, 0.25) is 5.02 Å². The average Bonchev–Trinajstić information content (AvgIpc) is 2.27. The second-order valence-electron chi connectivity index (χ2n) is 5.57. The van der Waals surface area contributed by atoms with Crippen LogP contribution < -0.4 is 5.32 Å². The van der Waals surface area contributed by atoms with Crippen LogP contribution in [-0.4, -0.2) is 23.0 Å². The van der Waals surface area contributed by atoms with Crippen LogP contribution >= 0.6 is 11.6 Å². The van der Waals surface area contributed by atoms with E-state index in [-0.39, 0.29) is 0 Å². The lowest BCUT2D eigenvalue weighted by atomic mass is 9.86. The fourth-order valence-corrected chi connectivity index (χ4v) is 1.78. The maximum atomic E-state index is 12.0. The Labute approximate surface area is 117 Å². The molecule has 0 saturated carbocycles. The molecule has 0 heterocycles. The summed E-state index contributed by atoms with van der Waals surface area (Å²) in [5.74, 6) is -1.50. The largest absolute Gasteiger partial charge is 0.480 e. The number of carboxylic acid groups (broad SMARTS) is 1. The molecule has 0 aliphatic heterocycles. The molecule has 1 rings (SSSR count). The highest BCUT2D eigenvalue weighted by atomic mass is 35.5. The molecule has 0 aromatic heterocycles. The molecule has 0 fully saturated rings. The smallest absolute Gasteiger partial charge is 0.326 e. The SMILES string of the molecule is Cc1ccc(C(=O)NC(C(=O)O)C(C)(C)C)cc1Cl. The van der Waals surface area contributed by atoms with Gasteiger partial charge < -0.3 is 10.4 Å². The van der Waals surface area contributed by atoms with Crippen molar-refractivity contribution in [2.24, 2.45) is 5.41 Å². The lowest BCUT2D eigenvalue weighted by Gasteiger charge is -2.27. The molecular weight excluding hydrogens is 266 g/mol. The van der Waals surface area contributed by atoms with Gasteiger partial charge in [-0.25, -0.2) is 4.79 Å². The highest BCUT2D eigenvalue weighted by molar-refractivity contribution is 6.31. The number of carbonyl (C=O) groups excluding carboxylic acids is 1. The summed E-state index contributed by atoms with van der Waals surface area (Å²) >= 11 is 5.95. The molecule has 1 amide bonds. The van der Waals surface area contributed by atoms with Gasteiger partial charge in [0, 0.05) is 10.6 Å². The summed E-state index contributed by atoms with van der Waals surface area (Å²) < 4.78 is 0. The maximum Gasteiger partial charge on any atom is 0.326 e. The van der Waals surface area contributed by atoms with E-state index in [2.05, 4.69) is 5.32 Å². The van der Waals surface area contributed by atoms with Gasteiger partial charge in [-0.3, -0.25) is 4.79 Å². The molecule has 0 aliphatic rings. The summed E-state index contributed by atoms with van der Waals surface area (Å²) in [6.07, 6.45) is 0. The minimum atomic E-state index is -1.06. The average molecular weight is 284 g/mol. The molecule has 104 valence electrons. The van der Waals surface area contributed by atoms with Crippen LogP contribution in [0.3, 0.4) is 0 Å². The number of carbonyl (C=O) groups is 2. The molecule has 0 saturated heterocycles. The summed E-state index contributed by atoms with van der Waals surface area (Å²) in [6, 6.07) is 3.93. The van der Waals surface area contributed by atoms with Gasteiger partial charge in [0.05, 0.1) is 0 Å². The van der Waals surface area contributed by atoms with E-state index in [0.29, 0.717) is 10.6 Å². The molecule has 2 N–H and O–H groups in total. The zero-order chi connectivity index (χ0) is 14.8. The quantitative estimate of drug-likeness (QED) is 0.896. The van der Waals surface area contributed by atoms with Crippen LogP contribution in [0.5, 0.6) is 0 Å². The molecule has 0 bridgehead atoms. The predicted octanol–water partition coefficient (Wildman–Crippen LogP) is 2.88. The summed E-state index contributed by atoms with van der Waals surface area (Å²) in [6.45, 7) is 7.11. The highest BCUT2D eigenvalue weighted by Gasteiger charge is 2.32. The first-order valence-corrected chi connectivity index (χ1v) is 6.30. The molecule has 0 spiro atoms. The number of amides is 1. The Morgan fingerprint density at radius 1 is 1.32 bits per heavy atom. The number of carboxylic acids is 1. The van der Waals surface area contributed by atoms with E-state index in [1.165, 1.54) is 6.07 Å². The predicted molar refractivity (Wildman–Crippen MR) is 74.5 cm³/mol. The standard InChI is InChI=1S/C14H18ClNO3/c1-8-5-6-9(7-10(8)15)12(17)16-11(13(18)19)14(2,3)4/h5-7,11H,1-4H3,(H,16,17)(H,18,19). The summed E-state index contributed by atoms with van der Waals surface area (Å²) in [5.41, 5.74) is 0.644. The van der Waals surface area contributed by atoms with Gasteiger partial charge in [0.15, 0.2) is 0 Å². The topological polar surface area (TPSA) is 66.4 Å². The number of hydrogen-bond donors (Lipinski definition) is 2. The molecule has 19 heavy (non-hydrogen) atoms. The zero-order valence-corrected chi connectivity index (χ0v) is 12.2. The Bertz CT molecular complexity index is 506. The van der Waals surface area contributed by atoms with Gasteiger partial charge in [-0.1, -0.05) is 38.4 Å². The second-order valence-corrected chi connectivity index (χ2v) is 5.98. The van der Waals surface area contributed by atoms with Crippen molar-refractivity contribution in [3.8, 4) is 0 Å². The van der Waals surface area contributed by atoms with Gasteiger partial charge >= 0.3 is 5.97 Å². The molecule has 0 aliphatic carbocycles. The molecule has 1 aromatic carbocycles. The third kappa shape index (κ3) is 3.96. The third-order valence-electron chi connectivity index (χ3n) is 2.82. The lowest BCUT2D eigenvalue weighted by molar-refractivity contribution is -0.142. The van der Waals surface area contributed by atoms with E-state index in [0.717, 1.165) is 5.56 Å². The van der Waals surface area contributed by atoms with Gasteiger partial charge in [0.25, 0.3) is 5.91 Å². The van der Waals surface area contributed by atoms with Crippen LogP contribution in [0.15, 0.2) is 18.2 Å². The van der Waals surface area contributed by atoms with E-state index in [1.54, 1.807) is 32.9 Å². The van der Waals surface area contributed by atoms with Crippen LogP contribution in [0.1, 0.15) is 36.7 Å². The number of benzene rings is 1. The summed E-state index contributed by atoms with van der Waals surface area (Å²) in [7, 11) is 0. The first-order valence-electron chi connectivity index (χ1n) is 5.92. The number of nitrogens with one attached hydrogen (secondary N) is 1. The number of aryl methyl sites for hydroxylation is 1. The first-order chi connectivity index (χ1) is 8.62. The van der Waals surface area contributed by atoms with Crippen molar-refractivity contribution in [1.29, 1.82) is 0 Å². The molecule has 4 nitrogen and oxygen atoms in total. The Hall–Kier alpha value is -1.55. The van der Waals surface area contributed by atoms with Gasteiger partial charge in [0.2, 0.25) is 0 Å². The van der Waals surface area contributed by atoms with E-state index in [9.17, 15) is 9.59 Å². The fraction of sp³-hybridized carbons (Fsp3) is 0.429. The Kier molecular flexibility index (Phi) is 4.58. The molecule has 1 aromatic rings. The van der Waals surface area contributed by atoms with Crippen LogP contribution in [-0.2, 0) is 4.79 Å². The van der Waals surface area contributed by atoms with Gasteiger partial charge in [-0.2, -0.15) is 0 Å². The monoisotopic (exact) mass is 283 g/mol. The Morgan fingerprint density at radius 3 is 2.32 bits per heavy atom. The molecule has 5 heteroatoms. The lowest BCUT2D eigenvalue weighted by Crippen LogP contribution is -2.49. The van der Waals surface area contributed by atoms with E-state index in [4.69, 9.17) is 16.7 Å². The number of aliphatic carboxylic acids is 1. The Balaban J connectivity index is 2.94. The van der Waals surface area contributed by atoms with Crippen LogP contribution in [0.25, 0.3) is 0 Å². The summed E-state index contributed by atoms with van der Waals surface area (Å²) in [4.78, 5) is 23.2. The van der Waals surface area contributed by atoms with Crippen molar-refractivity contribution in [3.63, 3.8) is 0 Å². The van der Waals surface area contributed by atoms with Gasteiger partial charge in [-0.05, 0) is 30.0 Å². The van der Waals surface area contributed by atoms with Crippen molar-refractivity contribution in [2.75, 3.05) is 0 Å².